The highest BCUT2D eigenvalue weighted by molar-refractivity contribution is 5.72. The molecule has 2 unspecified atom stereocenters. The average molecular weight is 271 g/mol. The van der Waals surface area contributed by atoms with Crippen molar-refractivity contribution >= 4 is 5.91 Å². The Kier molecular flexibility index (Phi) is 5.88. The minimum atomic E-state index is -1.40. The SMILES string of the molecule is CC(=O)NCCC(O)C(O)c1cc(CO)ccc1F. The number of carbonyl (C=O) groups is 1. The average Bonchev–Trinajstić information content (AvgIpc) is 2.38. The van der Waals surface area contributed by atoms with Crippen molar-refractivity contribution in [2.75, 3.05) is 6.54 Å². The molecule has 19 heavy (non-hydrogen) atoms. The lowest BCUT2D eigenvalue weighted by molar-refractivity contribution is -0.119. The fraction of sp³-hybridized carbons (Fsp3) is 0.462. The highest BCUT2D eigenvalue weighted by Gasteiger charge is 2.21. The van der Waals surface area contributed by atoms with Gasteiger partial charge in [0.15, 0.2) is 0 Å². The van der Waals surface area contributed by atoms with E-state index in [2.05, 4.69) is 5.32 Å². The molecule has 0 saturated carbocycles. The van der Waals surface area contributed by atoms with Crippen molar-refractivity contribution < 1.29 is 24.5 Å². The summed E-state index contributed by atoms with van der Waals surface area (Å²) >= 11 is 0. The van der Waals surface area contributed by atoms with Gasteiger partial charge >= 0.3 is 0 Å². The van der Waals surface area contributed by atoms with E-state index in [1.807, 2.05) is 0 Å². The van der Waals surface area contributed by atoms with Gasteiger partial charge in [0.25, 0.3) is 0 Å². The highest BCUT2D eigenvalue weighted by atomic mass is 19.1. The third-order valence-corrected chi connectivity index (χ3v) is 2.74. The van der Waals surface area contributed by atoms with E-state index in [1.165, 1.54) is 19.1 Å². The molecule has 0 aliphatic rings. The maximum atomic E-state index is 13.5. The van der Waals surface area contributed by atoms with Crippen LogP contribution in [0.5, 0.6) is 0 Å². The van der Waals surface area contributed by atoms with Gasteiger partial charge in [0.05, 0.1) is 12.7 Å². The second-order valence-corrected chi connectivity index (χ2v) is 4.30. The van der Waals surface area contributed by atoms with Crippen molar-refractivity contribution in [3.8, 4) is 0 Å². The van der Waals surface area contributed by atoms with Crippen molar-refractivity contribution in [1.82, 2.24) is 5.32 Å². The first-order chi connectivity index (χ1) is 8.95. The normalized spacial score (nSPS) is 13.9. The van der Waals surface area contributed by atoms with Crippen LogP contribution in [-0.4, -0.2) is 33.9 Å². The summed E-state index contributed by atoms with van der Waals surface area (Å²) in [4.78, 5) is 10.7. The first-order valence-electron chi connectivity index (χ1n) is 5.95. The first-order valence-corrected chi connectivity index (χ1v) is 5.95. The smallest absolute Gasteiger partial charge is 0.216 e. The van der Waals surface area contributed by atoms with E-state index in [4.69, 9.17) is 5.11 Å². The summed E-state index contributed by atoms with van der Waals surface area (Å²) in [7, 11) is 0. The van der Waals surface area contributed by atoms with Gasteiger partial charge < -0.3 is 20.6 Å². The van der Waals surface area contributed by atoms with Crippen LogP contribution >= 0.6 is 0 Å². The Morgan fingerprint density at radius 2 is 2.11 bits per heavy atom. The van der Waals surface area contributed by atoms with Crippen LogP contribution in [0.15, 0.2) is 18.2 Å². The maximum absolute atomic E-state index is 13.5. The maximum Gasteiger partial charge on any atom is 0.216 e. The zero-order chi connectivity index (χ0) is 14.4. The van der Waals surface area contributed by atoms with Crippen molar-refractivity contribution in [1.29, 1.82) is 0 Å². The lowest BCUT2D eigenvalue weighted by Gasteiger charge is -2.19. The molecule has 5 nitrogen and oxygen atoms in total. The number of rotatable bonds is 6. The Morgan fingerprint density at radius 3 is 2.68 bits per heavy atom. The van der Waals surface area contributed by atoms with Crippen LogP contribution in [-0.2, 0) is 11.4 Å². The first kappa shape index (κ1) is 15.6. The van der Waals surface area contributed by atoms with E-state index in [0.717, 1.165) is 6.07 Å². The zero-order valence-corrected chi connectivity index (χ0v) is 10.6. The Bertz CT molecular complexity index is 439. The Morgan fingerprint density at radius 1 is 1.42 bits per heavy atom. The summed E-state index contributed by atoms with van der Waals surface area (Å²) in [6.45, 7) is 1.25. The Hall–Kier alpha value is -1.50. The number of carbonyl (C=O) groups excluding carboxylic acids is 1. The lowest BCUT2D eigenvalue weighted by Crippen LogP contribution is -2.28. The van der Waals surface area contributed by atoms with Crippen LogP contribution < -0.4 is 5.32 Å². The Labute approximate surface area is 110 Å². The van der Waals surface area contributed by atoms with Crippen LogP contribution in [0.1, 0.15) is 30.6 Å². The highest BCUT2D eigenvalue weighted by Crippen LogP contribution is 2.23. The van der Waals surface area contributed by atoms with Crippen molar-refractivity contribution in [3.63, 3.8) is 0 Å². The minimum Gasteiger partial charge on any atom is -0.392 e. The van der Waals surface area contributed by atoms with E-state index in [1.54, 1.807) is 0 Å². The summed E-state index contributed by atoms with van der Waals surface area (Å²) in [5.41, 5.74) is 0.381. The predicted molar refractivity (Wildman–Crippen MR) is 66.6 cm³/mol. The molecule has 0 aromatic heterocycles. The molecule has 0 aliphatic carbocycles. The van der Waals surface area contributed by atoms with E-state index in [-0.39, 0.29) is 31.0 Å². The molecule has 0 heterocycles. The number of nitrogens with one attached hydrogen (secondary N) is 1. The summed E-state index contributed by atoms with van der Waals surface area (Å²) in [5, 5.41) is 31.1. The molecule has 0 aliphatic heterocycles. The second kappa shape index (κ2) is 7.18. The largest absolute Gasteiger partial charge is 0.392 e. The third-order valence-electron chi connectivity index (χ3n) is 2.74. The predicted octanol–water partition coefficient (Wildman–Crippen LogP) is 0.238. The van der Waals surface area contributed by atoms with E-state index in [0.29, 0.717) is 5.56 Å². The van der Waals surface area contributed by atoms with Gasteiger partial charge in [-0.1, -0.05) is 6.07 Å². The molecule has 0 bridgehead atoms. The fourth-order valence-electron chi connectivity index (χ4n) is 1.68. The summed E-state index contributed by atoms with van der Waals surface area (Å²) in [6, 6.07) is 3.83. The van der Waals surface area contributed by atoms with Gasteiger partial charge in [-0.15, -0.1) is 0 Å². The minimum absolute atomic E-state index is 0.0677. The summed E-state index contributed by atoms with van der Waals surface area (Å²) in [5.74, 6) is -0.890. The van der Waals surface area contributed by atoms with E-state index in [9.17, 15) is 19.4 Å². The number of aliphatic hydroxyl groups excluding tert-OH is 3. The van der Waals surface area contributed by atoms with E-state index < -0.39 is 18.0 Å². The molecular weight excluding hydrogens is 253 g/mol. The molecule has 0 fully saturated rings. The monoisotopic (exact) mass is 271 g/mol. The molecule has 1 rings (SSSR count). The van der Waals surface area contributed by atoms with Crippen molar-refractivity contribution in [2.24, 2.45) is 0 Å². The standard InChI is InChI=1S/C13H18FNO4/c1-8(17)15-5-4-12(18)13(19)10-6-9(7-16)2-3-11(10)14/h2-3,6,12-13,16,18-19H,4-5,7H2,1H3,(H,15,17). The molecule has 4 N–H and O–H groups in total. The lowest BCUT2D eigenvalue weighted by atomic mass is 9.99. The van der Waals surface area contributed by atoms with Gasteiger partial charge in [-0.05, 0) is 24.1 Å². The number of amides is 1. The Balaban J connectivity index is 2.70. The molecule has 1 amide bonds. The van der Waals surface area contributed by atoms with Gasteiger partial charge in [-0.25, -0.2) is 4.39 Å². The fourth-order valence-corrected chi connectivity index (χ4v) is 1.68. The number of hydrogen-bond donors (Lipinski definition) is 4. The number of benzene rings is 1. The summed E-state index contributed by atoms with van der Waals surface area (Å²) in [6.07, 6.45) is -2.50. The molecule has 1 aromatic carbocycles. The van der Waals surface area contributed by atoms with Crippen LogP contribution in [0.2, 0.25) is 0 Å². The summed E-state index contributed by atoms with van der Waals surface area (Å²) < 4.78 is 13.5. The molecule has 6 heteroatoms. The van der Waals surface area contributed by atoms with Gasteiger partial charge in [0.1, 0.15) is 11.9 Å². The van der Waals surface area contributed by atoms with Crippen molar-refractivity contribution in [3.05, 3.63) is 35.1 Å². The molecule has 2 atom stereocenters. The number of hydrogen-bond acceptors (Lipinski definition) is 4. The van der Waals surface area contributed by atoms with Crippen LogP contribution in [0.4, 0.5) is 4.39 Å². The van der Waals surface area contributed by atoms with E-state index >= 15 is 0 Å². The van der Waals surface area contributed by atoms with Gasteiger partial charge in [-0.3, -0.25) is 4.79 Å². The topological polar surface area (TPSA) is 89.8 Å². The molecule has 0 radical (unpaired) electrons. The molecule has 1 aromatic rings. The third kappa shape index (κ3) is 4.59. The van der Waals surface area contributed by atoms with Gasteiger partial charge in [0, 0.05) is 19.0 Å². The van der Waals surface area contributed by atoms with Crippen LogP contribution in [0, 0.1) is 5.82 Å². The molecule has 106 valence electrons. The second-order valence-electron chi connectivity index (χ2n) is 4.30. The molecular formula is C13H18FNO4. The van der Waals surface area contributed by atoms with Crippen molar-refractivity contribution in [2.45, 2.75) is 32.2 Å². The molecule has 0 saturated heterocycles. The van der Waals surface area contributed by atoms with Crippen LogP contribution in [0.25, 0.3) is 0 Å². The quantitative estimate of drug-likeness (QED) is 0.596. The number of aliphatic hydroxyl groups is 3. The van der Waals surface area contributed by atoms with Gasteiger partial charge in [-0.2, -0.15) is 0 Å². The zero-order valence-electron chi connectivity index (χ0n) is 10.6. The van der Waals surface area contributed by atoms with Crippen LogP contribution in [0.3, 0.4) is 0 Å². The van der Waals surface area contributed by atoms with Gasteiger partial charge in [0.2, 0.25) is 5.91 Å². The molecule has 0 spiro atoms. The number of halogens is 1.